The van der Waals surface area contributed by atoms with E-state index in [1.807, 2.05) is 0 Å². The van der Waals surface area contributed by atoms with Crippen LogP contribution in [0.4, 0.5) is 0 Å². The molecule has 0 aromatic carbocycles. The number of fused-ring (bicyclic) bond motifs is 5. The van der Waals surface area contributed by atoms with Gasteiger partial charge in [0.15, 0.2) is 0 Å². The zero-order valence-electron chi connectivity index (χ0n) is 26.3. The Hall–Kier alpha value is -0.553. The van der Waals surface area contributed by atoms with Crippen molar-refractivity contribution in [3.63, 3.8) is 0 Å². The Morgan fingerprint density at radius 1 is 0.811 bits per heavy atom. The first-order valence-corrected chi connectivity index (χ1v) is 18.5. The minimum atomic E-state index is -1.64. The molecule has 1 unspecified atom stereocenters. The van der Waals surface area contributed by atoms with Gasteiger partial charge < -0.3 is 0 Å². The first-order chi connectivity index (χ1) is 17.3. The molecule has 210 valence electrons. The number of Topliss-reactive ketones (excluding diaryl/α,β-unsaturated/α-hetero) is 1. The lowest BCUT2D eigenvalue weighted by molar-refractivity contribution is -0.140. The smallest absolute Gasteiger partial charge is 0.145 e. The summed E-state index contributed by atoms with van der Waals surface area (Å²) in [5.41, 5.74) is 7.14. The topological polar surface area (TPSA) is 17.1 Å². The fraction of sp³-hybridized carbons (Fsp3) is 0.914. The van der Waals surface area contributed by atoms with Crippen molar-refractivity contribution in [1.82, 2.24) is 0 Å². The van der Waals surface area contributed by atoms with Gasteiger partial charge in [-0.1, -0.05) is 69.2 Å². The summed E-state index contributed by atoms with van der Waals surface area (Å²) in [5.74, 6) is 9.93. The Labute approximate surface area is 232 Å². The molecule has 4 aliphatic carbocycles. The highest BCUT2D eigenvalue weighted by atomic mass is 28.3. The van der Waals surface area contributed by atoms with Gasteiger partial charge in [-0.2, -0.15) is 0 Å². The van der Waals surface area contributed by atoms with Crippen molar-refractivity contribution in [1.29, 1.82) is 0 Å². The largest absolute Gasteiger partial charge is 0.300 e. The van der Waals surface area contributed by atoms with Gasteiger partial charge in [0.2, 0.25) is 0 Å². The first-order valence-electron chi connectivity index (χ1n) is 16.3. The van der Waals surface area contributed by atoms with E-state index in [9.17, 15) is 4.79 Å². The molecule has 0 amide bonds. The summed E-state index contributed by atoms with van der Waals surface area (Å²) in [7, 11) is -1.64. The fourth-order valence-corrected chi connectivity index (χ4v) is 16.8. The van der Waals surface area contributed by atoms with Crippen molar-refractivity contribution in [2.75, 3.05) is 0 Å². The summed E-state index contributed by atoms with van der Waals surface area (Å²) >= 11 is 0. The number of hydrogen-bond donors (Lipinski definition) is 0. The SMILES string of the molecule is CC(C)[Si](C#C[C@H](C)C[C@@H](C)C1CC[C@H]2[C@@H]3CC[C@@H]4CC(=O)CC[C@]4(C)[C@H]3CC[C@]12C)(C(C)C)C(C)C. The third-order valence-corrected chi connectivity index (χ3v) is 19.7. The molecule has 4 aliphatic rings. The molecule has 0 aromatic rings. The molecule has 1 nitrogen and oxygen atoms in total. The lowest BCUT2D eigenvalue weighted by Crippen LogP contribution is -2.53. The maximum absolute atomic E-state index is 12.3. The second kappa shape index (κ2) is 10.8. The maximum Gasteiger partial charge on any atom is 0.145 e. The monoisotopic (exact) mass is 524 g/mol. The molecular weight excluding hydrogens is 464 g/mol. The van der Waals surface area contributed by atoms with E-state index in [2.05, 4.69) is 80.7 Å². The van der Waals surface area contributed by atoms with Crippen LogP contribution in [0.15, 0.2) is 0 Å². The van der Waals surface area contributed by atoms with Gasteiger partial charge >= 0.3 is 0 Å². The van der Waals surface area contributed by atoms with Gasteiger partial charge in [0.25, 0.3) is 0 Å². The number of hydrogen-bond acceptors (Lipinski definition) is 1. The maximum atomic E-state index is 12.3. The molecule has 0 spiro atoms. The molecule has 4 saturated carbocycles. The van der Waals surface area contributed by atoms with E-state index in [1.54, 1.807) is 0 Å². The van der Waals surface area contributed by atoms with Crippen LogP contribution in [-0.4, -0.2) is 13.9 Å². The van der Waals surface area contributed by atoms with Gasteiger partial charge in [0.1, 0.15) is 13.9 Å². The lowest BCUT2D eigenvalue weighted by atomic mass is 9.44. The van der Waals surface area contributed by atoms with Gasteiger partial charge in [-0.15, -0.1) is 11.5 Å². The summed E-state index contributed by atoms with van der Waals surface area (Å²) in [6.45, 7) is 24.9. The van der Waals surface area contributed by atoms with E-state index in [-0.39, 0.29) is 0 Å². The van der Waals surface area contributed by atoms with Gasteiger partial charge in [0, 0.05) is 18.8 Å². The Bertz CT molecular complexity index is 869. The lowest BCUT2D eigenvalue weighted by Gasteiger charge is -2.60. The van der Waals surface area contributed by atoms with Crippen molar-refractivity contribution in [3.8, 4) is 11.5 Å². The summed E-state index contributed by atoms with van der Waals surface area (Å²) in [6, 6.07) is 0. The van der Waals surface area contributed by atoms with Crippen LogP contribution in [0.25, 0.3) is 0 Å². The van der Waals surface area contributed by atoms with E-state index >= 15 is 0 Å². The van der Waals surface area contributed by atoms with Gasteiger partial charge in [0.05, 0.1) is 0 Å². The average molecular weight is 525 g/mol. The molecule has 0 aliphatic heterocycles. The zero-order valence-corrected chi connectivity index (χ0v) is 27.3. The summed E-state index contributed by atoms with van der Waals surface area (Å²) in [6.07, 6.45) is 12.6. The highest BCUT2D eigenvalue weighted by molar-refractivity contribution is 6.90. The molecular formula is C35H60OSi. The average Bonchev–Trinajstić information content (AvgIpc) is 3.16. The molecule has 37 heavy (non-hydrogen) atoms. The normalized spacial score (nSPS) is 39.6. The molecule has 0 aromatic heterocycles. The van der Waals surface area contributed by atoms with Crippen LogP contribution in [0.5, 0.6) is 0 Å². The number of rotatable bonds is 6. The quantitative estimate of drug-likeness (QED) is 0.249. The Morgan fingerprint density at radius 2 is 1.43 bits per heavy atom. The van der Waals surface area contributed by atoms with E-state index in [4.69, 9.17) is 0 Å². The molecule has 0 saturated heterocycles. The van der Waals surface area contributed by atoms with Crippen LogP contribution >= 0.6 is 0 Å². The van der Waals surface area contributed by atoms with Crippen molar-refractivity contribution >= 4 is 13.9 Å². The Morgan fingerprint density at radius 3 is 2.05 bits per heavy atom. The van der Waals surface area contributed by atoms with Crippen LogP contribution in [0.1, 0.15) is 133 Å². The first kappa shape index (κ1) is 29.4. The molecule has 0 heterocycles. The highest BCUT2D eigenvalue weighted by Gasteiger charge is 2.60. The number of carbonyl (C=O) groups is 1. The van der Waals surface area contributed by atoms with Crippen LogP contribution in [0.3, 0.4) is 0 Å². The summed E-state index contributed by atoms with van der Waals surface area (Å²) in [4.78, 5) is 12.3. The molecule has 0 radical (unpaired) electrons. The Balaban J connectivity index is 1.46. The predicted octanol–water partition coefficient (Wildman–Crippen LogP) is 10.1. The van der Waals surface area contributed by atoms with Crippen molar-refractivity contribution in [2.24, 2.45) is 52.3 Å². The fourth-order valence-electron chi connectivity index (χ4n) is 11.5. The second-order valence-electron chi connectivity index (χ2n) is 15.9. The molecule has 4 fully saturated rings. The molecule has 0 bridgehead atoms. The van der Waals surface area contributed by atoms with E-state index in [0.29, 0.717) is 45.1 Å². The zero-order chi connectivity index (χ0) is 27.3. The van der Waals surface area contributed by atoms with Crippen molar-refractivity contribution in [2.45, 2.75) is 150 Å². The third kappa shape index (κ3) is 4.96. The van der Waals surface area contributed by atoms with Crippen LogP contribution in [-0.2, 0) is 4.79 Å². The standard InChI is InChI=1S/C35H60OSi/c1-23(2)37(24(3)4,25(5)6)20-17-26(7)21-27(8)31-13-14-32-30-12-11-28-22-29(36)15-18-34(28,9)33(30)16-19-35(31,32)10/h23-28,30-33H,11-16,18-19,21-22H2,1-10H3/t26-,27+,28+,30-,31?,32-,33-,34-,35+/m0/s1. The van der Waals surface area contributed by atoms with Gasteiger partial charge in [-0.25, -0.2) is 0 Å². The third-order valence-electron chi connectivity index (χ3n) is 13.4. The predicted molar refractivity (Wildman–Crippen MR) is 162 cm³/mol. The second-order valence-corrected chi connectivity index (χ2v) is 21.5. The number of ketones is 1. The number of carbonyl (C=O) groups excluding carboxylic acids is 1. The highest BCUT2D eigenvalue weighted by Crippen LogP contribution is 2.68. The van der Waals surface area contributed by atoms with Gasteiger partial charge in [-0.3, -0.25) is 4.79 Å². The summed E-state index contributed by atoms with van der Waals surface area (Å²) < 4.78 is 0. The molecule has 9 atom stereocenters. The van der Waals surface area contributed by atoms with Gasteiger partial charge in [-0.05, 0) is 114 Å². The Kier molecular flexibility index (Phi) is 8.58. The summed E-state index contributed by atoms with van der Waals surface area (Å²) in [5, 5.41) is 0. The minimum absolute atomic E-state index is 0.436. The van der Waals surface area contributed by atoms with Crippen LogP contribution in [0, 0.1) is 63.7 Å². The van der Waals surface area contributed by atoms with E-state index in [0.717, 1.165) is 42.4 Å². The van der Waals surface area contributed by atoms with E-state index in [1.165, 1.54) is 51.4 Å². The minimum Gasteiger partial charge on any atom is -0.300 e. The van der Waals surface area contributed by atoms with Crippen LogP contribution < -0.4 is 0 Å². The van der Waals surface area contributed by atoms with Crippen molar-refractivity contribution in [3.05, 3.63) is 0 Å². The molecule has 0 N–H and O–H groups in total. The van der Waals surface area contributed by atoms with Crippen LogP contribution in [0.2, 0.25) is 16.6 Å². The van der Waals surface area contributed by atoms with E-state index < -0.39 is 8.07 Å². The van der Waals surface area contributed by atoms with Crippen molar-refractivity contribution < 1.29 is 4.79 Å². The molecule has 4 rings (SSSR count). The molecule has 2 heteroatoms.